The summed E-state index contributed by atoms with van der Waals surface area (Å²) in [5, 5.41) is 14.3. The first kappa shape index (κ1) is 14.5. The molecule has 1 aliphatic heterocycles. The summed E-state index contributed by atoms with van der Waals surface area (Å²) in [4.78, 5) is 12.9. The number of nitro groups is 1. The number of benzene rings is 1. The van der Waals surface area contributed by atoms with Crippen LogP contribution in [0.15, 0.2) is 18.2 Å². The van der Waals surface area contributed by atoms with Crippen molar-refractivity contribution in [1.29, 1.82) is 0 Å². The van der Waals surface area contributed by atoms with Crippen LogP contribution in [0.5, 0.6) is 0 Å². The van der Waals surface area contributed by atoms with E-state index in [0.717, 1.165) is 38.2 Å². The lowest BCUT2D eigenvalue weighted by Crippen LogP contribution is -2.41. The topological polar surface area (TPSA) is 96.5 Å². The van der Waals surface area contributed by atoms with Crippen LogP contribution >= 0.6 is 0 Å². The van der Waals surface area contributed by atoms with E-state index >= 15 is 0 Å². The van der Waals surface area contributed by atoms with E-state index in [1.165, 1.54) is 6.07 Å². The van der Waals surface area contributed by atoms with E-state index < -0.39 is 4.92 Å². The smallest absolute Gasteiger partial charge is 0.273 e. The summed E-state index contributed by atoms with van der Waals surface area (Å²) >= 11 is 0. The van der Waals surface area contributed by atoms with Gasteiger partial charge in [-0.25, -0.2) is 0 Å². The Morgan fingerprint density at radius 2 is 2.20 bits per heavy atom. The SMILES string of the molecule is CCN1CCCC(Nc2cc(NN)cc([N+](=O)[O-])c2)C1. The third-order valence-electron chi connectivity index (χ3n) is 3.62. The van der Waals surface area contributed by atoms with Crippen LogP contribution < -0.4 is 16.6 Å². The molecule has 1 aliphatic rings. The molecule has 1 fully saturated rings. The fourth-order valence-corrected chi connectivity index (χ4v) is 2.58. The van der Waals surface area contributed by atoms with Gasteiger partial charge in [-0.2, -0.15) is 0 Å². The van der Waals surface area contributed by atoms with Gasteiger partial charge in [0.25, 0.3) is 5.69 Å². The van der Waals surface area contributed by atoms with E-state index in [9.17, 15) is 10.1 Å². The molecule has 0 aromatic heterocycles. The van der Waals surface area contributed by atoms with E-state index in [-0.39, 0.29) is 5.69 Å². The highest BCUT2D eigenvalue weighted by Crippen LogP contribution is 2.25. The first-order valence-electron chi connectivity index (χ1n) is 6.87. The highest BCUT2D eigenvalue weighted by atomic mass is 16.6. The van der Waals surface area contributed by atoms with Crippen molar-refractivity contribution in [3.05, 3.63) is 28.3 Å². The van der Waals surface area contributed by atoms with Gasteiger partial charge in [-0.05, 0) is 32.0 Å². The molecule has 1 saturated heterocycles. The molecular formula is C13H21N5O2. The van der Waals surface area contributed by atoms with Gasteiger partial charge in [-0.3, -0.25) is 16.0 Å². The minimum atomic E-state index is -0.411. The van der Waals surface area contributed by atoms with Gasteiger partial charge in [0.2, 0.25) is 0 Å². The number of likely N-dealkylation sites (N-methyl/N-ethyl adjacent to an activating group) is 1. The molecule has 20 heavy (non-hydrogen) atoms. The number of anilines is 2. The fraction of sp³-hybridized carbons (Fsp3) is 0.538. The highest BCUT2D eigenvalue weighted by molar-refractivity contribution is 5.63. The lowest BCUT2D eigenvalue weighted by atomic mass is 10.1. The number of nitrogens with one attached hydrogen (secondary N) is 2. The van der Waals surface area contributed by atoms with Crippen molar-refractivity contribution in [1.82, 2.24) is 4.90 Å². The molecule has 7 nitrogen and oxygen atoms in total. The molecule has 0 aliphatic carbocycles. The lowest BCUT2D eigenvalue weighted by molar-refractivity contribution is -0.384. The summed E-state index contributed by atoms with van der Waals surface area (Å²) in [6, 6.07) is 5.07. The van der Waals surface area contributed by atoms with E-state index in [4.69, 9.17) is 5.84 Å². The normalized spacial score (nSPS) is 19.6. The number of hydrogen-bond acceptors (Lipinski definition) is 6. The second-order valence-corrected chi connectivity index (χ2v) is 5.05. The predicted octanol–water partition coefficient (Wildman–Crippen LogP) is 1.78. The summed E-state index contributed by atoms with van der Waals surface area (Å²) in [5.74, 6) is 5.36. The Hall–Kier alpha value is -1.86. The van der Waals surface area contributed by atoms with Gasteiger partial charge in [-0.15, -0.1) is 0 Å². The number of nitro benzene ring substituents is 1. The Morgan fingerprint density at radius 1 is 1.45 bits per heavy atom. The zero-order chi connectivity index (χ0) is 14.5. The lowest BCUT2D eigenvalue weighted by Gasteiger charge is -2.32. The largest absolute Gasteiger partial charge is 0.381 e. The number of likely N-dealkylation sites (tertiary alicyclic amines) is 1. The van der Waals surface area contributed by atoms with Crippen molar-refractivity contribution in [2.45, 2.75) is 25.8 Å². The molecule has 1 aromatic rings. The number of nitrogens with zero attached hydrogens (tertiary/aromatic N) is 2. The van der Waals surface area contributed by atoms with Gasteiger partial charge in [0.05, 0.1) is 10.6 Å². The van der Waals surface area contributed by atoms with Crippen molar-refractivity contribution >= 4 is 17.1 Å². The summed E-state index contributed by atoms with van der Waals surface area (Å²) in [5.41, 5.74) is 3.76. The maximum Gasteiger partial charge on any atom is 0.273 e. The van der Waals surface area contributed by atoms with Gasteiger partial charge in [0.15, 0.2) is 0 Å². The number of non-ortho nitro benzene ring substituents is 1. The van der Waals surface area contributed by atoms with Crippen LogP contribution in [-0.2, 0) is 0 Å². The van der Waals surface area contributed by atoms with Crippen molar-refractivity contribution in [3.8, 4) is 0 Å². The first-order valence-corrected chi connectivity index (χ1v) is 6.87. The maximum atomic E-state index is 10.9. The predicted molar refractivity (Wildman–Crippen MR) is 79.7 cm³/mol. The Kier molecular flexibility index (Phi) is 4.75. The van der Waals surface area contributed by atoms with Gasteiger partial charge in [0.1, 0.15) is 0 Å². The molecule has 0 saturated carbocycles. The second kappa shape index (κ2) is 6.53. The Balaban J connectivity index is 2.11. The number of rotatable bonds is 5. The Morgan fingerprint density at radius 3 is 2.85 bits per heavy atom. The summed E-state index contributed by atoms with van der Waals surface area (Å²) in [7, 11) is 0. The number of nitrogen functional groups attached to an aromatic ring is 1. The average molecular weight is 279 g/mol. The molecular weight excluding hydrogens is 258 g/mol. The van der Waals surface area contributed by atoms with Gasteiger partial charge < -0.3 is 15.6 Å². The van der Waals surface area contributed by atoms with E-state index in [1.807, 2.05) is 0 Å². The van der Waals surface area contributed by atoms with Crippen molar-refractivity contribution in [3.63, 3.8) is 0 Å². The van der Waals surface area contributed by atoms with Crippen LogP contribution in [-0.4, -0.2) is 35.5 Å². The van der Waals surface area contributed by atoms with Gasteiger partial charge in [-0.1, -0.05) is 6.92 Å². The highest BCUT2D eigenvalue weighted by Gasteiger charge is 2.19. The van der Waals surface area contributed by atoms with E-state index in [1.54, 1.807) is 12.1 Å². The van der Waals surface area contributed by atoms with Gasteiger partial charge >= 0.3 is 0 Å². The number of piperidine rings is 1. The average Bonchev–Trinajstić information content (AvgIpc) is 2.47. The fourth-order valence-electron chi connectivity index (χ4n) is 2.58. The molecule has 7 heteroatoms. The molecule has 2 rings (SSSR count). The standard InChI is InChI=1S/C13H21N5O2/c1-2-17-5-3-4-10(9-17)15-11-6-12(16-14)8-13(7-11)18(19)20/h6-8,10,15-16H,2-5,9,14H2,1H3. The summed E-state index contributed by atoms with van der Waals surface area (Å²) < 4.78 is 0. The second-order valence-electron chi connectivity index (χ2n) is 5.05. The molecule has 1 unspecified atom stereocenters. The molecule has 1 atom stereocenters. The first-order chi connectivity index (χ1) is 9.62. The maximum absolute atomic E-state index is 10.9. The van der Waals surface area contributed by atoms with Crippen LogP contribution in [0.25, 0.3) is 0 Å². The minimum absolute atomic E-state index is 0.0334. The zero-order valence-electron chi connectivity index (χ0n) is 11.6. The van der Waals surface area contributed by atoms with Crippen LogP contribution in [0.3, 0.4) is 0 Å². The molecule has 0 spiro atoms. The quantitative estimate of drug-likeness (QED) is 0.432. The van der Waals surface area contributed by atoms with Crippen molar-refractivity contribution < 1.29 is 4.92 Å². The third-order valence-corrected chi connectivity index (χ3v) is 3.62. The summed E-state index contributed by atoms with van der Waals surface area (Å²) in [6.45, 7) is 5.26. The molecule has 0 bridgehead atoms. The molecule has 1 aromatic carbocycles. The van der Waals surface area contributed by atoms with Crippen molar-refractivity contribution in [2.24, 2.45) is 5.84 Å². The van der Waals surface area contributed by atoms with Crippen LogP contribution in [0.2, 0.25) is 0 Å². The third kappa shape index (κ3) is 3.58. The number of nitrogens with two attached hydrogens (primary N) is 1. The van der Waals surface area contributed by atoms with Crippen LogP contribution in [0.4, 0.5) is 17.1 Å². The Bertz CT molecular complexity index is 480. The molecule has 0 amide bonds. The zero-order valence-corrected chi connectivity index (χ0v) is 11.6. The van der Waals surface area contributed by atoms with Crippen molar-refractivity contribution in [2.75, 3.05) is 30.4 Å². The molecule has 1 heterocycles. The van der Waals surface area contributed by atoms with Crippen LogP contribution in [0, 0.1) is 10.1 Å². The van der Waals surface area contributed by atoms with E-state index in [2.05, 4.69) is 22.6 Å². The van der Waals surface area contributed by atoms with E-state index in [0.29, 0.717) is 11.7 Å². The monoisotopic (exact) mass is 279 g/mol. The molecule has 4 N–H and O–H groups in total. The number of hydrazine groups is 1. The van der Waals surface area contributed by atoms with Crippen LogP contribution in [0.1, 0.15) is 19.8 Å². The molecule has 110 valence electrons. The Labute approximate surface area is 118 Å². The number of hydrogen-bond donors (Lipinski definition) is 3. The minimum Gasteiger partial charge on any atom is -0.381 e. The molecule has 0 radical (unpaired) electrons. The summed E-state index contributed by atoms with van der Waals surface area (Å²) in [6.07, 6.45) is 2.22. The van der Waals surface area contributed by atoms with Gasteiger partial charge in [0, 0.05) is 30.4 Å².